The van der Waals surface area contributed by atoms with Crippen LogP contribution < -0.4 is 10.6 Å². The normalized spacial score (nSPS) is 27.3. The number of aryl methyl sites for hydroxylation is 1. The molecule has 5 atom stereocenters. The van der Waals surface area contributed by atoms with Crippen LogP contribution in [0.3, 0.4) is 0 Å². The van der Waals surface area contributed by atoms with Crippen molar-refractivity contribution < 1.29 is 29.0 Å². The van der Waals surface area contributed by atoms with E-state index in [-0.39, 0.29) is 25.3 Å². The largest absolute Gasteiger partial charge is 0.479 e. The van der Waals surface area contributed by atoms with Crippen molar-refractivity contribution in [3.8, 4) is 11.1 Å². The highest BCUT2D eigenvalue weighted by Crippen LogP contribution is 2.45. The number of nitrogens with one attached hydrogen (secondary N) is 2. The van der Waals surface area contributed by atoms with Crippen molar-refractivity contribution in [3.05, 3.63) is 46.2 Å². The van der Waals surface area contributed by atoms with Crippen molar-refractivity contribution in [1.29, 1.82) is 0 Å². The Morgan fingerprint density at radius 2 is 1.94 bits per heavy atom. The minimum atomic E-state index is -1.42. The van der Waals surface area contributed by atoms with Crippen molar-refractivity contribution in [3.63, 3.8) is 0 Å². The zero-order valence-corrected chi connectivity index (χ0v) is 28.9. The van der Waals surface area contributed by atoms with E-state index in [2.05, 4.69) is 29.0 Å². The number of carboxylic acid groups (broad SMARTS) is 1. The Kier molecular flexibility index (Phi) is 9.10. The van der Waals surface area contributed by atoms with E-state index in [1.165, 1.54) is 4.90 Å². The standard InChI is InChI=1S/C35H44N6O6S/c1-20-21(2)29-27(16-25(20)22-13-14-48-19-22)38-41(39-29)24-15-28-30(42)37-35(32(44)45)17-23(35)11-9-7-6-8-10-12-26(31(43)40(28)18-24)36-33(46)47-34(3,4)5/h9,11,13-14,16,19,23-24,26,28H,6-8,10,12,15,17-18H2,1-5H3,(H,36,46)(H,37,42)(H,44,45)/b11-9-/t23-,24-,26-,28-,35+/m0/s1. The van der Waals surface area contributed by atoms with E-state index in [1.807, 2.05) is 30.5 Å². The molecule has 0 spiro atoms. The fourth-order valence-corrected chi connectivity index (χ4v) is 7.55. The maximum Gasteiger partial charge on any atom is 0.408 e. The summed E-state index contributed by atoms with van der Waals surface area (Å²) in [7, 11) is 0. The number of carbonyl (C=O) groups excluding carboxylic acids is 3. The molecule has 3 amide bonds. The molecule has 1 saturated carbocycles. The molecule has 1 aliphatic carbocycles. The summed E-state index contributed by atoms with van der Waals surface area (Å²) in [5.74, 6) is -2.39. The topological polar surface area (TPSA) is 156 Å². The second-order valence-corrected chi connectivity index (χ2v) is 15.1. The SMILES string of the molecule is Cc1c(-c2ccsc2)cc2nn([C@H]3C[C@H]4C(=O)N[C@]5(C(=O)O)C[C@@H]5/C=C\CCCCC[C@H](NC(=O)OC(C)(C)C)C(=O)N4C3)nc2c1C. The van der Waals surface area contributed by atoms with Crippen LogP contribution in [-0.2, 0) is 19.1 Å². The van der Waals surface area contributed by atoms with Crippen molar-refractivity contribution in [2.45, 2.75) is 109 Å². The molecule has 12 nitrogen and oxygen atoms in total. The number of rotatable bonds is 4. The van der Waals surface area contributed by atoms with E-state index in [0.717, 1.165) is 47.0 Å². The van der Waals surface area contributed by atoms with Crippen LogP contribution in [0.2, 0.25) is 0 Å². The summed E-state index contributed by atoms with van der Waals surface area (Å²) < 4.78 is 5.49. The lowest BCUT2D eigenvalue weighted by atomic mass is 9.98. The first-order chi connectivity index (χ1) is 22.8. The first kappa shape index (κ1) is 33.6. The number of allylic oxidation sites excluding steroid dienone is 1. The van der Waals surface area contributed by atoms with Crippen molar-refractivity contribution in [1.82, 2.24) is 30.5 Å². The maximum atomic E-state index is 14.3. The highest BCUT2D eigenvalue weighted by molar-refractivity contribution is 7.08. The maximum absolute atomic E-state index is 14.3. The number of aromatic nitrogens is 3. The number of ether oxygens (including phenoxy) is 1. The lowest BCUT2D eigenvalue weighted by Gasteiger charge is -2.30. The first-order valence-corrected chi connectivity index (χ1v) is 17.6. The smallest absolute Gasteiger partial charge is 0.408 e. The average Bonchev–Trinajstić information content (AvgIpc) is 3.47. The van der Waals surface area contributed by atoms with Gasteiger partial charge in [0.2, 0.25) is 11.8 Å². The summed E-state index contributed by atoms with van der Waals surface area (Å²) in [6.45, 7) is 9.44. The molecule has 1 aromatic carbocycles. The lowest BCUT2D eigenvalue weighted by Crippen LogP contribution is -2.56. The molecule has 48 heavy (non-hydrogen) atoms. The number of thiophene rings is 1. The number of hydrogen-bond acceptors (Lipinski definition) is 8. The third-order valence-electron chi connectivity index (χ3n) is 9.75. The zero-order valence-electron chi connectivity index (χ0n) is 28.1. The highest BCUT2D eigenvalue weighted by atomic mass is 32.1. The number of carboxylic acids is 1. The van der Waals surface area contributed by atoms with Gasteiger partial charge in [0.05, 0.1) is 6.04 Å². The summed E-state index contributed by atoms with van der Waals surface area (Å²) in [6.07, 6.45) is 7.08. The first-order valence-electron chi connectivity index (χ1n) is 16.7. The van der Waals surface area contributed by atoms with Crippen LogP contribution in [0.4, 0.5) is 4.79 Å². The van der Waals surface area contributed by atoms with Gasteiger partial charge in [0, 0.05) is 18.9 Å². The second kappa shape index (κ2) is 13.0. The van der Waals surface area contributed by atoms with Crippen LogP contribution in [0, 0.1) is 19.8 Å². The van der Waals surface area contributed by atoms with Crippen LogP contribution in [0.15, 0.2) is 35.0 Å². The predicted octanol–water partition coefficient (Wildman–Crippen LogP) is 5.29. The van der Waals surface area contributed by atoms with Crippen LogP contribution in [0.25, 0.3) is 22.2 Å². The third kappa shape index (κ3) is 6.69. The number of carbonyl (C=O) groups is 4. The average molecular weight is 677 g/mol. The summed E-state index contributed by atoms with van der Waals surface area (Å²) >= 11 is 1.62. The Morgan fingerprint density at radius 1 is 1.15 bits per heavy atom. The lowest BCUT2D eigenvalue weighted by molar-refractivity contribution is -0.145. The fourth-order valence-electron chi connectivity index (χ4n) is 6.90. The molecule has 256 valence electrons. The Hall–Kier alpha value is -4.26. The summed E-state index contributed by atoms with van der Waals surface area (Å²) in [5, 5.41) is 29.6. The van der Waals surface area contributed by atoms with Gasteiger partial charge in [0.25, 0.3) is 0 Å². The number of fused-ring (bicyclic) bond motifs is 3. The predicted molar refractivity (Wildman–Crippen MR) is 181 cm³/mol. The van der Waals surface area contributed by atoms with Gasteiger partial charge < -0.3 is 25.4 Å². The van der Waals surface area contributed by atoms with Gasteiger partial charge in [-0.1, -0.05) is 25.0 Å². The molecule has 3 aliphatic rings. The van der Waals surface area contributed by atoms with Crippen molar-refractivity contribution in [2.24, 2.45) is 5.92 Å². The minimum absolute atomic E-state index is 0.114. The number of hydrogen-bond donors (Lipinski definition) is 3. The molecule has 2 fully saturated rings. The summed E-state index contributed by atoms with van der Waals surface area (Å²) in [4.78, 5) is 56.7. The number of alkyl carbamates (subject to hydrolysis) is 1. The monoisotopic (exact) mass is 676 g/mol. The molecular formula is C35H44N6O6S. The van der Waals surface area contributed by atoms with E-state index in [1.54, 1.807) is 36.9 Å². The molecule has 3 N–H and O–H groups in total. The third-order valence-corrected chi connectivity index (χ3v) is 10.4. The number of amides is 3. The zero-order chi connectivity index (χ0) is 34.4. The van der Waals surface area contributed by atoms with Gasteiger partial charge in [0.1, 0.15) is 34.3 Å². The number of nitrogens with zero attached hydrogens (tertiary/aromatic N) is 4. The van der Waals surface area contributed by atoms with Crippen molar-refractivity contribution in [2.75, 3.05) is 6.54 Å². The molecule has 2 aliphatic heterocycles. The van der Waals surface area contributed by atoms with E-state index < -0.39 is 53.1 Å². The van der Waals surface area contributed by atoms with E-state index in [9.17, 15) is 24.3 Å². The molecule has 13 heteroatoms. The van der Waals surface area contributed by atoms with Crippen LogP contribution in [-0.4, -0.2) is 78.6 Å². The quantitative estimate of drug-likeness (QED) is 0.315. The molecule has 1 saturated heterocycles. The Labute approximate surface area is 283 Å². The molecule has 6 rings (SSSR count). The Balaban J connectivity index is 1.34. The van der Waals surface area contributed by atoms with Gasteiger partial charge in [-0.25, -0.2) is 9.59 Å². The van der Waals surface area contributed by atoms with Crippen LogP contribution >= 0.6 is 11.3 Å². The van der Waals surface area contributed by atoms with E-state index in [0.29, 0.717) is 18.4 Å². The number of aliphatic carboxylic acids is 1. The second-order valence-electron chi connectivity index (χ2n) is 14.3. The van der Waals surface area contributed by atoms with Gasteiger partial charge in [-0.05, 0) is 105 Å². The minimum Gasteiger partial charge on any atom is -0.479 e. The summed E-state index contributed by atoms with van der Waals surface area (Å²) in [6, 6.07) is 1.71. The van der Waals surface area contributed by atoms with E-state index >= 15 is 0 Å². The molecule has 0 unspecified atom stereocenters. The highest BCUT2D eigenvalue weighted by Gasteiger charge is 2.61. The molecule has 2 aromatic heterocycles. The molecular weight excluding hydrogens is 632 g/mol. The molecule has 0 bridgehead atoms. The van der Waals surface area contributed by atoms with Crippen LogP contribution in [0.5, 0.6) is 0 Å². The van der Waals surface area contributed by atoms with Gasteiger partial charge in [-0.2, -0.15) is 26.3 Å². The Bertz CT molecular complexity index is 1760. The summed E-state index contributed by atoms with van der Waals surface area (Å²) in [5.41, 5.74) is 3.55. The fraction of sp³-hybridized carbons (Fsp3) is 0.543. The molecule has 4 heterocycles. The van der Waals surface area contributed by atoms with Gasteiger partial charge in [-0.15, -0.1) is 0 Å². The van der Waals surface area contributed by atoms with Gasteiger partial charge in [-0.3, -0.25) is 9.59 Å². The van der Waals surface area contributed by atoms with Crippen LogP contribution in [0.1, 0.15) is 82.9 Å². The molecule has 0 radical (unpaired) electrons. The Morgan fingerprint density at radius 3 is 2.65 bits per heavy atom. The van der Waals surface area contributed by atoms with Gasteiger partial charge >= 0.3 is 12.1 Å². The van der Waals surface area contributed by atoms with Gasteiger partial charge in [0.15, 0.2) is 0 Å². The van der Waals surface area contributed by atoms with E-state index in [4.69, 9.17) is 14.9 Å². The number of benzene rings is 1. The van der Waals surface area contributed by atoms with Crippen molar-refractivity contribution >= 4 is 46.2 Å². The molecule has 3 aromatic rings.